The van der Waals surface area contributed by atoms with Gasteiger partial charge >= 0.3 is 6.18 Å². The van der Waals surface area contributed by atoms with E-state index in [4.69, 9.17) is 16.1 Å². The van der Waals surface area contributed by atoms with Gasteiger partial charge in [0.15, 0.2) is 0 Å². The fourth-order valence-electron chi connectivity index (χ4n) is 4.39. The SMILES string of the molecule is CN(Cc1nc(-c2ccccc2)no1)C[C@H]1CC[C@H](NC(=O)c2cc(C(F)(F)F)ccc2Cl)CC1. The Bertz CT molecular complexity index is 1150. The van der Waals surface area contributed by atoms with E-state index in [1.807, 2.05) is 37.4 Å². The second-order valence-electron chi connectivity index (χ2n) is 8.96. The molecule has 1 fully saturated rings. The number of carbonyl (C=O) groups is 1. The highest BCUT2D eigenvalue weighted by atomic mass is 35.5. The van der Waals surface area contributed by atoms with Crippen LogP contribution in [-0.4, -0.2) is 40.6 Å². The highest BCUT2D eigenvalue weighted by Gasteiger charge is 2.32. The molecule has 0 unspecified atom stereocenters. The minimum absolute atomic E-state index is 0.00209. The van der Waals surface area contributed by atoms with E-state index in [2.05, 4.69) is 20.4 Å². The molecule has 0 saturated heterocycles. The summed E-state index contributed by atoms with van der Waals surface area (Å²) in [5.41, 5.74) is -0.148. The van der Waals surface area contributed by atoms with Gasteiger partial charge in [-0.2, -0.15) is 18.2 Å². The zero-order valence-electron chi connectivity index (χ0n) is 19.2. The van der Waals surface area contributed by atoms with Crippen LogP contribution in [0.4, 0.5) is 13.2 Å². The van der Waals surface area contributed by atoms with Gasteiger partial charge < -0.3 is 9.84 Å². The fourth-order valence-corrected chi connectivity index (χ4v) is 4.59. The Morgan fingerprint density at radius 3 is 2.54 bits per heavy atom. The number of aromatic nitrogens is 2. The van der Waals surface area contributed by atoms with Crippen LogP contribution in [0, 0.1) is 5.92 Å². The molecule has 35 heavy (non-hydrogen) atoms. The van der Waals surface area contributed by atoms with Crippen LogP contribution in [0.3, 0.4) is 0 Å². The first-order valence-electron chi connectivity index (χ1n) is 11.4. The molecule has 1 N–H and O–H groups in total. The molecule has 10 heteroatoms. The van der Waals surface area contributed by atoms with E-state index in [9.17, 15) is 18.0 Å². The first-order chi connectivity index (χ1) is 16.7. The Labute approximate surface area is 206 Å². The molecule has 6 nitrogen and oxygen atoms in total. The van der Waals surface area contributed by atoms with Crippen LogP contribution in [0.1, 0.15) is 47.5 Å². The van der Waals surface area contributed by atoms with Gasteiger partial charge in [0.1, 0.15) is 0 Å². The van der Waals surface area contributed by atoms with Gasteiger partial charge in [-0.25, -0.2) is 0 Å². The zero-order chi connectivity index (χ0) is 25.0. The maximum Gasteiger partial charge on any atom is 0.416 e. The maximum atomic E-state index is 13.0. The summed E-state index contributed by atoms with van der Waals surface area (Å²) in [6.07, 6.45) is -1.25. The number of alkyl halides is 3. The minimum atomic E-state index is -4.53. The van der Waals surface area contributed by atoms with Crippen molar-refractivity contribution in [3.05, 3.63) is 70.6 Å². The van der Waals surface area contributed by atoms with Crippen molar-refractivity contribution < 1.29 is 22.5 Å². The van der Waals surface area contributed by atoms with Gasteiger partial charge in [0, 0.05) is 18.2 Å². The largest absolute Gasteiger partial charge is 0.416 e. The molecule has 1 saturated carbocycles. The molecule has 1 heterocycles. The standard InChI is InChI=1S/C25H26ClF3N4O2/c1-33(15-22-31-23(32-35-22)17-5-3-2-4-6-17)14-16-7-10-19(11-8-16)30-24(34)20-13-18(25(27,28)29)9-12-21(20)26/h2-6,9,12-13,16,19H,7-8,10-11,14-15H2,1H3,(H,30,34)/t16-,19-. The lowest BCUT2D eigenvalue weighted by Gasteiger charge is -2.31. The second kappa shape index (κ2) is 10.8. The molecule has 0 aliphatic heterocycles. The van der Waals surface area contributed by atoms with Crippen LogP contribution >= 0.6 is 11.6 Å². The van der Waals surface area contributed by atoms with Gasteiger partial charge in [0.05, 0.1) is 22.7 Å². The van der Waals surface area contributed by atoms with Gasteiger partial charge in [-0.05, 0) is 56.8 Å². The van der Waals surface area contributed by atoms with E-state index >= 15 is 0 Å². The smallest absolute Gasteiger partial charge is 0.349 e. The monoisotopic (exact) mass is 506 g/mol. The molecule has 1 aliphatic carbocycles. The molecule has 186 valence electrons. The number of carbonyl (C=O) groups excluding carboxylic acids is 1. The predicted octanol–water partition coefficient (Wildman–Crippen LogP) is 5.83. The number of nitrogens with zero attached hydrogens (tertiary/aromatic N) is 3. The van der Waals surface area contributed by atoms with Crippen molar-refractivity contribution in [2.75, 3.05) is 13.6 Å². The summed E-state index contributed by atoms with van der Waals surface area (Å²) in [5, 5.41) is 6.90. The van der Waals surface area contributed by atoms with Crippen molar-refractivity contribution in [2.45, 2.75) is 44.4 Å². The highest BCUT2D eigenvalue weighted by molar-refractivity contribution is 6.33. The number of hydrogen-bond acceptors (Lipinski definition) is 5. The minimum Gasteiger partial charge on any atom is -0.349 e. The van der Waals surface area contributed by atoms with E-state index in [0.29, 0.717) is 24.2 Å². The highest BCUT2D eigenvalue weighted by Crippen LogP contribution is 2.32. The lowest BCUT2D eigenvalue weighted by Crippen LogP contribution is -2.39. The second-order valence-corrected chi connectivity index (χ2v) is 9.37. The number of nitrogens with one attached hydrogen (secondary N) is 1. The van der Waals surface area contributed by atoms with Gasteiger partial charge in [0.2, 0.25) is 11.7 Å². The predicted molar refractivity (Wildman–Crippen MR) is 126 cm³/mol. The molecule has 1 aliphatic rings. The molecular weight excluding hydrogens is 481 g/mol. The van der Waals surface area contributed by atoms with Crippen molar-refractivity contribution in [3.8, 4) is 11.4 Å². The Balaban J connectivity index is 1.25. The van der Waals surface area contributed by atoms with Crippen LogP contribution in [0.2, 0.25) is 5.02 Å². The molecule has 0 radical (unpaired) electrons. The van der Waals surface area contributed by atoms with Gasteiger partial charge in [-0.15, -0.1) is 0 Å². The topological polar surface area (TPSA) is 71.3 Å². The molecular formula is C25H26ClF3N4O2. The number of hydrogen-bond donors (Lipinski definition) is 1. The van der Waals surface area contributed by atoms with Crippen LogP contribution in [0.15, 0.2) is 53.1 Å². The average Bonchev–Trinajstić information content (AvgIpc) is 3.28. The summed E-state index contributed by atoms with van der Waals surface area (Å²) in [6, 6.07) is 12.3. The summed E-state index contributed by atoms with van der Waals surface area (Å²) < 4.78 is 44.4. The maximum absolute atomic E-state index is 13.0. The molecule has 0 atom stereocenters. The van der Waals surface area contributed by atoms with E-state index in [1.54, 1.807) is 0 Å². The number of amides is 1. The Hall–Kier alpha value is -2.91. The first-order valence-corrected chi connectivity index (χ1v) is 11.8. The molecule has 4 rings (SSSR count). The van der Waals surface area contributed by atoms with Crippen LogP contribution in [-0.2, 0) is 12.7 Å². The Morgan fingerprint density at radius 1 is 1.14 bits per heavy atom. The third kappa shape index (κ3) is 6.61. The lowest BCUT2D eigenvalue weighted by molar-refractivity contribution is -0.137. The number of halogens is 4. The zero-order valence-corrected chi connectivity index (χ0v) is 19.9. The molecule has 1 aromatic heterocycles. The molecule has 0 spiro atoms. The first kappa shape index (κ1) is 25.2. The van der Waals surface area contributed by atoms with Crippen molar-refractivity contribution in [1.82, 2.24) is 20.4 Å². The third-order valence-electron chi connectivity index (χ3n) is 6.20. The van der Waals surface area contributed by atoms with Crippen molar-refractivity contribution in [2.24, 2.45) is 5.92 Å². The van der Waals surface area contributed by atoms with Gasteiger partial charge in [0.25, 0.3) is 5.91 Å². The Kier molecular flexibility index (Phi) is 7.76. The summed E-state index contributed by atoms with van der Waals surface area (Å²) in [6.45, 7) is 1.37. The van der Waals surface area contributed by atoms with E-state index in [0.717, 1.165) is 56.0 Å². The molecule has 2 aromatic carbocycles. The van der Waals surface area contributed by atoms with Crippen molar-refractivity contribution in [1.29, 1.82) is 0 Å². The third-order valence-corrected chi connectivity index (χ3v) is 6.53. The lowest BCUT2D eigenvalue weighted by atomic mass is 9.85. The van der Waals surface area contributed by atoms with Crippen LogP contribution in [0.5, 0.6) is 0 Å². The average molecular weight is 507 g/mol. The van der Waals surface area contributed by atoms with Gasteiger partial charge in [-0.1, -0.05) is 47.1 Å². The van der Waals surface area contributed by atoms with Crippen molar-refractivity contribution >= 4 is 17.5 Å². The van der Waals surface area contributed by atoms with Crippen molar-refractivity contribution in [3.63, 3.8) is 0 Å². The normalized spacial score (nSPS) is 18.6. The molecule has 1 amide bonds. The number of rotatable bonds is 7. The van der Waals surface area contributed by atoms with E-state index in [-0.39, 0.29) is 16.6 Å². The van der Waals surface area contributed by atoms with Crippen LogP contribution in [0.25, 0.3) is 11.4 Å². The van der Waals surface area contributed by atoms with Gasteiger partial charge in [-0.3, -0.25) is 9.69 Å². The van der Waals surface area contributed by atoms with E-state index in [1.165, 1.54) is 0 Å². The molecule has 3 aromatic rings. The fraction of sp³-hybridized carbons (Fsp3) is 0.400. The molecule has 0 bridgehead atoms. The van der Waals surface area contributed by atoms with Crippen LogP contribution < -0.4 is 5.32 Å². The Morgan fingerprint density at radius 2 is 1.86 bits per heavy atom. The summed E-state index contributed by atoms with van der Waals surface area (Å²) >= 11 is 5.99. The summed E-state index contributed by atoms with van der Waals surface area (Å²) in [5.74, 6) is 0.963. The van der Waals surface area contributed by atoms with E-state index < -0.39 is 17.6 Å². The summed E-state index contributed by atoms with van der Waals surface area (Å²) in [7, 11) is 2.00. The number of benzene rings is 2. The quantitative estimate of drug-likeness (QED) is 0.436. The summed E-state index contributed by atoms with van der Waals surface area (Å²) in [4.78, 5) is 19.2.